The highest BCUT2D eigenvalue weighted by Crippen LogP contribution is 2.31. The smallest absolute Gasteiger partial charge is 0.404 e. The number of ether oxygens (including phenoxy) is 1. The van der Waals surface area contributed by atoms with Gasteiger partial charge in [-0.1, -0.05) is 29.3 Å². The third kappa shape index (κ3) is 3.12. The van der Waals surface area contributed by atoms with Crippen LogP contribution in [0, 0.1) is 0 Å². The number of carbonyl (C=O) groups excluding carboxylic acids is 1. The lowest BCUT2D eigenvalue weighted by Crippen LogP contribution is -2.24. The fourth-order valence-electron chi connectivity index (χ4n) is 1.57. The van der Waals surface area contributed by atoms with E-state index in [4.69, 9.17) is 33.7 Å². The fourth-order valence-corrected chi connectivity index (χ4v) is 2.22. The van der Waals surface area contributed by atoms with Crippen LogP contribution in [0.25, 0.3) is 0 Å². The van der Waals surface area contributed by atoms with E-state index in [1.54, 1.807) is 18.2 Å². The van der Waals surface area contributed by atoms with Gasteiger partial charge in [0.25, 0.3) is 0 Å². The molecule has 100 valence electrons. The van der Waals surface area contributed by atoms with Crippen LogP contribution in [0.2, 0.25) is 10.0 Å². The third-order valence-electron chi connectivity index (χ3n) is 2.36. The predicted octanol–water partition coefficient (Wildman–Crippen LogP) is 1.66. The van der Waals surface area contributed by atoms with Crippen LogP contribution < -0.4 is 5.73 Å². The molecule has 0 saturated carbocycles. The zero-order valence-corrected chi connectivity index (χ0v) is 11.0. The first-order valence-electron chi connectivity index (χ1n) is 5.18. The van der Waals surface area contributed by atoms with Gasteiger partial charge in [0, 0.05) is 15.6 Å². The minimum absolute atomic E-state index is 0.102. The SMILES string of the molecule is NC(=O)OCC(c1c(Cl)cccc1Cl)n1ncnn1. The minimum atomic E-state index is -0.909. The van der Waals surface area contributed by atoms with Gasteiger partial charge in [-0.05, 0) is 17.3 Å². The molecule has 2 N–H and O–H groups in total. The number of amides is 1. The van der Waals surface area contributed by atoms with Crippen molar-refractivity contribution < 1.29 is 9.53 Å². The van der Waals surface area contributed by atoms with Crippen LogP contribution in [0.15, 0.2) is 24.5 Å². The Morgan fingerprint density at radius 2 is 2.11 bits per heavy atom. The summed E-state index contributed by atoms with van der Waals surface area (Å²) in [6.45, 7) is -0.102. The van der Waals surface area contributed by atoms with E-state index in [1.807, 2.05) is 0 Å². The Morgan fingerprint density at radius 1 is 1.42 bits per heavy atom. The van der Waals surface area contributed by atoms with Crippen LogP contribution in [0.5, 0.6) is 0 Å². The molecular formula is C10H9Cl2N5O2. The number of hydrogen-bond donors (Lipinski definition) is 1. The number of hydrogen-bond acceptors (Lipinski definition) is 5. The van der Waals surface area contributed by atoms with E-state index in [0.29, 0.717) is 15.6 Å². The van der Waals surface area contributed by atoms with Gasteiger partial charge in [-0.25, -0.2) is 4.79 Å². The van der Waals surface area contributed by atoms with E-state index in [1.165, 1.54) is 11.1 Å². The molecule has 1 aromatic heterocycles. The van der Waals surface area contributed by atoms with Gasteiger partial charge in [0.1, 0.15) is 12.6 Å². The van der Waals surface area contributed by atoms with Crippen LogP contribution in [0.4, 0.5) is 4.79 Å². The van der Waals surface area contributed by atoms with Crippen LogP contribution in [-0.4, -0.2) is 32.9 Å². The van der Waals surface area contributed by atoms with Crippen molar-refractivity contribution >= 4 is 29.3 Å². The van der Waals surface area contributed by atoms with E-state index in [9.17, 15) is 4.79 Å². The molecule has 0 aliphatic heterocycles. The zero-order chi connectivity index (χ0) is 13.8. The Bertz CT molecular complexity index is 555. The molecule has 1 atom stereocenters. The Kier molecular flexibility index (Phi) is 4.18. The molecule has 0 fully saturated rings. The minimum Gasteiger partial charge on any atom is -0.447 e. The lowest BCUT2D eigenvalue weighted by atomic mass is 10.1. The fraction of sp³-hybridized carbons (Fsp3) is 0.200. The summed E-state index contributed by atoms with van der Waals surface area (Å²) in [5, 5.41) is 12.1. The van der Waals surface area contributed by atoms with Gasteiger partial charge in [0.2, 0.25) is 0 Å². The van der Waals surface area contributed by atoms with Crippen LogP contribution >= 0.6 is 23.2 Å². The topological polar surface area (TPSA) is 95.9 Å². The first-order chi connectivity index (χ1) is 9.09. The maximum absolute atomic E-state index is 10.7. The summed E-state index contributed by atoms with van der Waals surface area (Å²) in [7, 11) is 0. The zero-order valence-electron chi connectivity index (χ0n) is 9.53. The first-order valence-corrected chi connectivity index (χ1v) is 5.94. The largest absolute Gasteiger partial charge is 0.447 e. The summed E-state index contributed by atoms with van der Waals surface area (Å²) in [6.07, 6.45) is 0.343. The van der Waals surface area contributed by atoms with Gasteiger partial charge in [-0.2, -0.15) is 4.80 Å². The molecule has 1 unspecified atom stereocenters. The number of rotatable bonds is 4. The molecule has 9 heteroatoms. The highest BCUT2D eigenvalue weighted by Gasteiger charge is 2.23. The second-order valence-electron chi connectivity index (χ2n) is 3.54. The highest BCUT2D eigenvalue weighted by molar-refractivity contribution is 6.36. The van der Waals surface area contributed by atoms with Crippen molar-refractivity contribution in [3.05, 3.63) is 40.1 Å². The van der Waals surface area contributed by atoms with Crippen LogP contribution in [-0.2, 0) is 4.74 Å². The van der Waals surface area contributed by atoms with Crippen LogP contribution in [0.1, 0.15) is 11.6 Å². The molecule has 0 spiro atoms. The van der Waals surface area contributed by atoms with Crippen molar-refractivity contribution in [1.82, 2.24) is 20.2 Å². The molecule has 2 rings (SSSR count). The van der Waals surface area contributed by atoms with Crippen molar-refractivity contribution in [1.29, 1.82) is 0 Å². The summed E-state index contributed by atoms with van der Waals surface area (Å²) in [6, 6.07) is 4.43. The molecule has 0 saturated heterocycles. The molecule has 1 aromatic carbocycles. The van der Waals surface area contributed by atoms with Gasteiger partial charge >= 0.3 is 6.09 Å². The predicted molar refractivity (Wildman–Crippen MR) is 68.0 cm³/mol. The molecule has 0 aliphatic carbocycles. The van der Waals surface area contributed by atoms with Gasteiger partial charge in [0.15, 0.2) is 6.33 Å². The van der Waals surface area contributed by atoms with Crippen molar-refractivity contribution in [2.75, 3.05) is 6.61 Å². The van der Waals surface area contributed by atoms with Crippen molar-refractivity contribution in [3.8, 4) is 0 Å². The number of halogens is 2. The van der Waals surface area contributed by atoms with Crippen LogP contribution in [0.3, 0.4) is 0 Å². The van der Waals surface area contributed by atoms with E-state index >= 15 is 0 Å². The summed E-state index contributed by atoms with van der Waals surface area (Å²) in [4.78, 5) is 12.0. The monoisotopic (exact) mass is 301 g/mol. The Balaban J connectivity index is 2.40. The number of aromatic nitrogens is 4. The first kappa shape index (κ1) is 13.6. The Hall–Kier alpha value is -1.86. The van der Waals surface area contributed by atoms with Crippen molar-refractivity contribution in [3.63, 3.8) is 0 Å². The number of nitrogens with two attached hydrogens (primary N) is 1. The number of carbonyl (C=O) groups is 1. The summed E-state index contributed by atoms with van der Waals surface area (Å²) in [5.74, 6) is 0. The average Bonchev–Trinajstić information content (AvgIpc) is 2.86. The number of nitrogens with zero attached hydrogens (tertiary/aromatic N) is 4. The van der Waals surface area contributed by atoms with Crippen molar-refractivity contribution in [2.24, 2.45) is 5.73 Å². The van der Waals surface area contributed by atoms with E-state index in [0.717, 1.165) is 0 Å². The Labute approximate surface area is 118 Å². The van der Waals surface area contributed by atoms with E-state index in [2.05, 4.69) is 15.4 Å². The van der Waals surface area contributed by atoms with Gasteiger partial charge in [0.05, 0.1) is 0 Å². The molecule has 7 nitrogen and oxygen atoms in total. The maximum Gasteiger partial charge on any atom is 0.404 e. The molecule has 19 heavy (non-hydrogen) atoms. The number of benzene rings is 1. The molecular weight excluding hydrogens is 293 g/mol. The third-order valence-corrected chi connectivity index (χ3v) is 3.02. The Morgan fingerprint density at radius 3 is 2.63 bits per heavy atom. The summed E-state index contributed by atoms with van der Waals surface area (Å²) >= 11 is 12.2. The van der Waals surface area contributed by atoms with E-state index < -0.39 is 12.1 Å². The molecule has 2 aromatic rings. The lowest BCUT2D eigenvalue weighted by molar-refractivity contribution is 0.139. The number of tetrazole rings is 1. The highest BCUT2D eigenvalue weighted by atomic mass is 35.5. The molecule has 1 heterocycles. The average molecular weight is 302 g/mol. The van der Waals surface area contributed by atoms with Gasteiger partial charge in [-0.15, -0.1) is 10.2 Å². The van der Waals surface area contributed by atoms with Gasteiger partial charge < -0.3 is 10.5 Å². The molecule has 1 amide bonds. The number of primary amides is 1. The van der Waals surface area contributed by atoms with E-state index in [-0.39, 0.29) is 6.61 Å². The second kappa shape index (κ2) is 5.85. The normalized spacial score (nSPS) is 12.1. The summed E-state index contributed by atoms with van der Waals surface area (Å²) in [5.41, 5.74) is 5.49. The maximum atomic E-state index is 10.7. The molecule has 0 radical (unpaired) electrons. The lowest BCUT2D eigenvalue weighted by Gasteiger charge is -2.18. The molecule has 0 aliphatic rings. The standard InChI is InChI=1S/C10H9Cl2N5O2/c11-6-2-1-3-7(12)9(6)8(4-19-10(13)18)17-15-5-14-16-17/h1-3,5,8H,4H2,(H2,13,18). The van der Waals surface area contributed by atoms with Gasteiger partial charge in [-0.3, -0.25) is 0 Å². The quantitative estimate of drug-likeness (QED) is 0.926. The second-order valence-corrected chi connectivity index (χ2v) is 4.35. The summed E-state index contributed by atoms with van der Waals surface area (Å²) < 4.78 is 4.79. The molecule has 0 bridgehead atoms. The van der Waals surface area contributed by atoms with Crippen molar-refractivity contribution in [2.45, 2.75) is 6.04 Å².